The maximum Gasteiger partial charge on any atom is 0.0962 e. The van der Waals surface area contributed by atoms with E-state index in [1.54, 1.807) is 11.1 Å². The van der Waals surface area contributed by atoms with Crippen LogP contribution < -0.4 is 0 Å². The number of rotatable bonds is 3. The van der Waals surface area contributed by atoms with Gasteiger partial charge in [-0.15, -0.1) is 0 Å². The molecule has 1 unspecified atom stereocenters. The third-order valence-corrected chi connectivity index (χ3v) is 10.1. The van der Waals surface area contributed by atoms with E-state index in [2.05, 4.69) is 33.8 Å². The molecular weight excluding hydrogens is 332 g/mol. The first-order chi connectivity index (χ1) is 12.8. The largest absolute Gasteiger partial charge is 0.498 e. The summed E-state index contributed by atoms with van der Waals surface area (Å²) in [5.74, 6) is 3.59. The Balaban J connectivity index is 1.61. The monoisotopic (exact) mass is 370 g/mol. The maximum atomic E-state index is 10.9. The summed E-state index contributed by atoms with van der Waals surface area (Å²) in [6.07, 6.45) is 13.5. The second-order valence-corrected chi connectivity index (χ2v) is 11.0. The molecule has 0 spiro atoms. The lowest BCUT2D eigenvalue weighted by Crippen LogP contribution is -2.56. The first-order valence-electron chi connectivity index (χ1n) is 11.6. The Morgan fingerprint density at radius 2 is 1.74 bits per heavy atom. The highest BCUT2D eigenvalue weighted by molar-refractivity contribution is 5.43. The lowest BCUT2D eigenvalue weighted by molar-refractivity contribution is -0.121. The van der Waals surface area contributed by atoms with Crippen molar-refractivity contribution in [3.05, 3.63) is 23.0 Å². The van der Waals surface area contributed by atoms with Gasteiger partial charge in [0.25, 0.3) is 0 Å². The fourth-order valence-electron chi connectivity index (χ4n) is 7.94. The minimum atomic E-state index is -0.0955. The molecule has 2 nitrogen and oxygen atoms in total. The average Bonchev–Trinajstić information content (AvgIpc) is 3.44. The van der Waals surface area contributed by atoms with Crippen LogP contribution in [0.25, 0.3) is 0 Å². The Hall–Kier alpha value is -0.760. The van der Waals surface area contributed by atoms with E-state index < -0.39 is 0 Å². The van der Waals surface area contributed by atoms with E-state index in [4.69, 9.17) is 4.74 Å². The van der Waals surface area contributed by atoms with Gasteiger partial charge in [-0.05, 0) is 104 Å². The van der Waals surface area contributed by atoms with Crippen molar-refractivity contribution in [1.29, 1.82) is 0 Å². The minimum Gasteiger partial charge on any atom is -0.498 e. The predicted octanol–water partition coefficient (Wildman–Crippen LogP) is 6.01. The first-order valence-corrected chi connectivity index (χ1v) is 11.6. The third kappa shape index (κ3) is 2.35. The Kier molecular flexibility index (Phi) is 3.98. The van der Waals surface area contributed by atoms with Crippen LogP contribution >= 0.6 is 0 Å². The van der Waals surface area contributed by atoms with Crippen LogP contribution in [-0.2, 0) is 4.74 Å². The van der Waals surface area contributed by atoms with E-state index in [9.17, 15) is 5.11 Å². The number of hydrogen-bond acceptors (Lipinski definition) is 2. The highest BCUT2D eigenvalue weighted by atomic mass is 16.5. The molecule has 6 atom stereocenters. The van der Waals surface area contributed by atoms with E-state index in [-0.39, 0.29) is 11.5 Å². The molecule has 27 heavy (non-hydrogen) atoms. The quantitative estimate of drug-likeness (QED) is 0.659. The zero-order valence-electron chi connectivity index (χ0n) is 17.8. The van der Waals surface area contributed by atoms with Gasteiger partial charge in [0.15, 0.2) is 0 Å². The van der Waals surface area contributed by atoms with Crippen LogP contribution in [0.3, 0.4) is 0 Å². The summed E-state index contributed by atoms with van der Waals surface area (Å²) in [5.41, 5.74) is 4.19. The molecule has 0 bridgehead atoms. The van der Waals surface area contributed by atoms with Crippen molar-refractivity contribution in [3.8, 4) is 0 Å². The van der Waals surface area contributed by atoms with Crippen LogP contribution in [0.2, 0.25) is 0 Å². The van der Waals surface area contributed by atoms with Crippen molar-refractivity contribution in [2.75, 3.05) is 6.61 Å². The van der Waals surface area contributed by atoms with Crippen LogP contribution in [-0.4, -0.2) is 17.8 Å². The molecule has 0 aromatic carbocycles. The van der Waals surface area contributed by atoms with Gasteiger partial charge in [0.05, 0.1) is 18.5 Å². The molecule has 5 rings (SSSR count). The van der Waals surface area contributed by atoms with E-state index in [0.29, 0.717) is 10.8 Å². The molecule has 1 N–H and O–H groups in total. The van der Waals surface area contributed by atoms with Crippen molar-refractivity contribution < 1.29 is 9.84 Å². The van der Waals surface area contributed by atoms with Crippen LogP contribution in [0.15, 0.2) is 23.0 Å². The van der Waals surface area contributed by atoms with Gasteiger partial charge in [-0.2, -0.15) is 0 Å². The van der Waals surface area contributed by atoms with Crippen LogP contribution in [0, 0.1) is 34.0 Å². The maximum absolute atomic E-state index is 10.9. The SMILES string of the molecule is CCOC1=CC2=C(C3CC3)C[C@@H]3[C@H](CC[C@]4(C)C(O)CC[C@@]34C)[C@@]2(C)CC1. The normalized spacial score (nSPS) is 49.2. The Morgan fingerprint density at radius 1 is 1.00 bits per heavy atom. The summed E-state index contributed by atoms with van der Waals surface area (Å²) in [6, 6.07) is 0. The molecule has 150 valence electrons. The average molecular weight is 371 g/mol. The van der Waals surface area contributed by atoms with Crippen LogP contribution in [0.1, 0.15) is 85.5 Å². The molecule has 5 aliphatic rings. The van der Waals surface area contributed by atoms with Gasteiger partial charge in [0.1, 0.15) is 0 Å². The molecule has 0 aromatic heterocycles. The Morgan fingerprint density at radius 3 is 2.44 bits per heavy atom. The molecule has 5 aliphatic carbocycles. The number of ether oxygens (including phenoxy) is 1. The number of allylic oxidation sites excluding steroid dienone is 4. The molecular formula is C25H38O2. The predicted molar refractivity (Wildman–Crippen MR) is 109 cm³/mol. The standard InChI is InChI=1S/C25H38O2/c1-5-27-17-8-11-23(2)19-9-12-25(4)22(26)10-13-24(25,3)21(19)15-18(16-6-7-16)20(23)14-17/h14,16,19,21-22,26H,5-13,15H2,1-4H3/t19-,21+,22?,23+,24-,25+/m0/s1. The molecule has 3 saturated carbocycles. The van der Waals surface area contributed by atoms with E-state index in [1.165, 1.54) is 50.7 Å². The zero-order chi connectivity index (χ0) is 19.0. The van der Waals surface area contributed by atoms with E-state index in [0.717, 1.165) is 37.2 Å². The summed E-state index contributed by atoms with van der Waals surface area (Å²) in [7, 11) is 0. The van der Waals surface area contributed by atoms with E-state index >= 15 is 0 Å². The van der Waals surface area contributed by atoms with Crippen molar-refractivity contribution in [2.45, 2.75) is 91.6 Å². The lowest BCUT2D eigenvalue weighted by Gasteiger charge is -2.62. The topological polar surface area (TPSA) is 29.5 Å². The second-order valence-electron chi connectivity index (χ2n) is 11.0. The zero-order valence-corrected chi connectivity index (χ0v) is 17.8. The van der Waals surface area contributed by atoms with Crippen LogP contribution in [0.5, 0.6) is 0 Å². The minimum absolute atomic E-state index is 0.0955. The second kappa shape index (κ2) is 5.88. The summed E-state index contributed by atoms with van der Waals surface area (Å²) in [6.45, 7) is 10.4. The molecule has 2 heteroatoms. The van der Waals surface area contributed by atoms with Crippen molar-refractivity contribution in [1.82, 2.24) is 0 Å². The van der Waals surface area contributed by atoms with Crippen molar-refractivity contribution >= 4 is 0 Å². The van der Waals surface area contributed by atoms with Crippen molar-refractivity contribution in [3.63, 3.8) is 0 Å². The highest BCUT2D eigenvalue weighted by Gasteiger charge is 2.65. The van der Waals surface area contributed by atoms with Gasteiger partial charge >= 0.3 is 0 Å². The molecule has 0 radical (unpaired) electrons. The van der Waals surface area contributed by atoms with Gasteiger partial charge < -0.3 is 9.84 Å². The number of hydrogen-bond donors (Lipinski definition) is 1. The summed E-state index contributed by atoms with van der Waals surface area (Å²) in [5, 5.41) is 10.9. The van der Waals surface area contributed by atoms with Gasteiger partial charge in [0, 0.05) is 6.42 Å². The molecule has 0 amide bonds. The number of aliphatic hydroxyl groups is 1. The fourth-order valence-corrected chi connectivity index (χ4v) is 7.94. The fraction of sp³-hybridized carbons (Fsp3) is 0.840. The Labute approximate surface area is 165 Å². The smallest absolute Gasteiger partial charge is 0.0962 e. The Bertz CT molecular complexity index is 701. The summed E-state index contributed by atoms with van der Waals surface area (Å²) in [4.78, 5) is 0. The lowest BCUT2D eigenvalue weighted by atomic mass is 9.42. The first kappa shape index (κ1) is 18.3. The van der Waals surface area contributed by atoms with Gasteiger partial charge in [-0.25, -0.2) is 0 Å². The molecule has 0 aromatic rings. The van der Waals surface area contributed by atoms with Gasteiger partial charge in [-0.3, -0.25) is 0 Å². The van der Waals surface area contributed by atoms with Gasteiger partial charge in [0.2, 0.25) is 0 Å². The number of aliphatic hydroxyl groups excluding tert-OH is 1. The van der Waals surface area contributed by atoms with Crippen molar-refractivity contribution in [2.24, 2.45) is 34.0 Å². The summed E-state index contributed by atoms with van der Waals surface area (Å²) >= 11 is 0. The molecule has 0 heterocycles. The molecule has 3 fully saturated rings. The van der Waals surface area contributed by atoms with Gasteiger partial charge in [-0.1, -0.05) is 26.3 Å². The highest BCUT2D eigenvalue weighted by Crippen LogP contribution is 2.71. The van der Waals surface area contributed by atoms with E-state index in [1.807, 2.05) is 0 Å². The number of fused-ring (bicyclic) bond motifs is 5. The molecule has 0 aliphatic heterocycles. The van der Waals surface area contributed by atoms with Crippen LogP contribution in [0.4, 0.5) is 0 Å². The summed E-state index contributed by atoms with van der Waals surface area (Å²) < 4.78 is 5.97. The third-order valence-electron chi connectivity index (χ3n) is 10.1. The molecule has 0 saturated heterocycles.